The standard InChI is InChI=1S/C19H19FN4O3S/c1-13-7-8-17(12-18(13)20)28(26,27)23-16-6-3-5-15(11-16)22-19(25)14(2)24-10-4-9-21-24/h3-12,14,23H,1-2H3,(H,22,25). The Kier molecular flexibility index (Phi) is 5.46. The van der Waals surface area contributed by atoms with E-state index in [-0.39, 0.29) is 16.5 Å². The van der Waals surface area contributed by atoms with Crippen LogP contribution in [0.4, 0.5) is 15.8 Å². The first kappa shape index (κ1) is 19.6. The molecule has 0 aliphatic carbocycles. The smallest absolute Gasteiger partial charge is 0.261 e. The molecular formula is C19H19FN4O3S. The lowest BCUT2D eigenvalue weighted by molar-refractivity contribution is -0.119. The molecule has 1 aromatic heterocycles. The number of sulfonamides is 1. The summed E-state index contributed by atoms with van der Waals surface area (Å²) in [6.07, 6.45) is 3.25. The zero-order chi connectivity index (χ0) is 20.3. The molecule has 7 nitrogen and oxygen atoms in total. The molecule has 1 atom stereocenters. The van der Waals surface area contributed by atoms with Gasteiger partial charge in [0.15, 0.2) is 0 Å². The summed E-state index contributed by atoms with van der Waals surface area (Å²) in [6, 6.07) is 11.1. The van der Waals surface area contributed by atoms with Crippen molar-refractivity contribution in [1.29, 1.82) is 0 Å². The predicted molar refractivity (Wildman–Crippen MR) is 104 cm³/mol. The van der Waals surface area contributed by atoms with E-state index in [1.54, 1.807) is 44.4 Å². The van der Waals surface area contributed by atoms with Crippen LogP contribution >= 0.6 is 0 Å². The molecule has 1 heterocycles. The quantitative estimate of drug-likeness (QED) is 0.661. The monoisotopic (exact) mass is 402 g/mol. The number of nitrogens with one attached hydrogen (secondary N) is 2. The van der Waals surface area contributed by atoms with E-state index in [1.807, 2.05) is 0 Å². The molecule has 2 aromatic carbocycles. The number of benzene rings is 2. The maximum absolute atomic E-state index is 13.7. The number of halogens is 1. The fraction of sp³-hybridized carbons (Fsp3) is 0.158. The average molecular weight is 402 g/mol. The number of hydrogen-bond donors (Lipinski definition) is 2. The highest BCUT2D eigenvalue weighted by Gasteiger charge is 2.18. The number of aromatic nitrogens is 2. The first-order valence-electron chi connectivity index (χ1n) is 8.45. The highest BCUT2D eigenvalue weighted by Crippen LogP contribution is 2.21. The van der Waals surface area contributed by atoms with Crippen molar-refractivity contribution in [1.82, 2.24) is 9.78 Å². The largest absolute Gasteiger partial charge is 0.324 e. The summed E-state index contributed by atoms with van der Waals surface area (Å²) in [5, 5.41) is 6.74. The van der Waals surface area contributed by atoms with E-state index in [9.17, 15) is 17.6 Å². The molecule has 28 heavy (non-hydrogen) atoms. The van der Waals surface area contributed by atoms with Crippen molar-refractivity contribution in [3.8, 4) is 0 Å². The van der Waals surface area contributed by atoms with Crippen LogP contribution in [0.1, 0.15) is 18.5 Å². The SMILES string of the molecule is Cc1ccc(S(=O)(=O)Nc2cccc(NC(=O)C(C)n3cccn3)c2)cc1F. The van der Waals surface area contributed by atoms with Gasteiger partial charge in [0.2, 0.25) is 5.91 Å². The zero-order valence-corrected chi connectivity index (χ0v) is 16.1. The lowest BCUT2D eigenvalue weighted by atomic mass is 10.2. The second kappa shape index (κ2) is 7.81. The first-order chi connectivity index (χ1) is 13.3. The summed E-state index contributed by atoms with van der Waals surface area (Å²) in [5.74, 6) is -0.902. The summed E-state index contributed by atoms with van der Waals surface area (Å²) >= 11 is 0. The van der Waals surface area contributed by atoms with Gasteiger partial charge in [-0.25, -0.2) is 12.8 Å². The normalized spacial score (nSPS) is 12.4. The van der Waals surface area contributed by atoms with Crippen LogP contribution in [0.2, 0.25) is 0 Å². The van der Waals surface area contributed by atoms with Gasteiger partial charge in [0.1, 0.15) is 11.9 Å². The van der Waals surface area contributed by atoms with E-state index in [1.165, 1.54) is 28.9 Å². The third-order valence-corrected chi connectivity index (χ3v) is 5.52. The molecule has 1 amide bonds. The molecule has 0 fully saturated rings. The number of aryl methyl sites for hydroxylation is 1. The topological polar surface area (TPSA) is 93.1 Å². The maximum atomic E-state index is 13.7. The van der Waals surface area contributed by atoms with Gasteiger partial charge >= 0.3 is 0 Å². The van der Waals surface area contributed by atoms with Gasteiger partial charge in [-0.3, -0.25) is 14.2 Å². The molecule has 0 aliphatic heterocycles. The fourth-order valence-corrected chi connectivity index (χ4v) is 3.55. The van der Waals surface area contributed by atoms with Crippen molar-refractivity contribution < 1.29 is 17.6 Å². The Bertz CT molecular complexity index is 1100. The molecule has 0 saturated carbocycles. The van der Waals surface area contributed by atoms with Crippen LogP contribution in [-0.4, -0.2) is 24.1 Å². The molecule has 0 radical (unpaired) electrons. The van der Waals surface area contributed by atoms with E-state index in [0.29, 0.717) is 11.3 Å². The van der Waals surface area contributed by atoms with Crippen molar-refractivity contribution in [2.45, 2.75) is 24.8 Å². The van der Waals surface area contributed by atoms with Gasteiger partial charge < -0.3 is 5.32 Å². The molecule has 1 unspecified atom stereocenters. The van der Waals surface area contributed by atoms with E-state index >= 15 is 0 Å². The first-order valence-corrected chi connectivity index (χ1v) is 9.93. The van der Waals surface area contributed by atoms with Crippen molar-refractivity contribution >= 4 is 27.3 Å². The van der Waals surface area contributed by atoms with Gasteiger partial charge in [0, 0.05) is 18.1 Å². The Balaban J connectivity index is 1.75. The Morgan fingerprint density at radius 1 is 1.14 bits per heavy atom. The number of rotatable bonds is 6. The van der Waals surface area contributed by atoms with Crippen molar-refractivity contribution in [3.05, 3.63) is 72.3 Å². The minimum absolute atomic E-state index is 0.183. The number of carbonyl (C=O) groups excluding carboxylic acids is 1. The lowest BCUT2D eigenvalue weighted by Crippen LogP contribution is -2.24. The Morgan fingerprint density at radius 3 is 2.57 bits per heavy atom. The van der Waals surface area contributed by atoms with Crippen LogP contribution < -0.4 is 10.0 Å². The van der Waals surface area contributed by atoms with Crippen molar-refractivity contribution in [3.63, 3.8) is 0 Å². The summed E-state index contributed by atoms with van der Waals surface area (Å²) in [5.41, 5.74) is 1.01. The third-order valence-electron chi connectivity index (χ3n) is 4.14. The van der Waals surface area contributed by atoms with Gasteiger partial charge in [0.25, 0.3) is 10.0 Å². The number of carbonyl (C=O) groups is 1. The Morgan fingerprint density at radius 2 is 1.89 bits per heavy atom. The van der Waals surface area contributed by atoms with Crippen LogP contribution in [0.5, 0.6) is 0 Å². The van der Waals surface area contributed by atoms with Gasteiger partial charge in [0.05, 0.1) is 10.6 Å². The van der Waals surface area contributed by atoms with Crippen LogP contribution in [0, 0.1) is 12.7 Å². The number of anilines is 2. The van der Waals surface area contributed by atoms with Gasteiger partial charge in [-0.2, -0.15) is 5.10 Å². The average Bonchev–Trinajstić information content (AvgIpc) is 3.17. The van der Waals surface area contributed by atoms with E-state index in [2.05, 4.69) is 15.1 Å². The molecule has 0 aliphatic rings. The van der Waals surface area contributed by atoms with Crippen molar-refractivity contribution in [2.75, 3.05) is 10.0 Å². The minimum Gasteiger partial charge on any atom is -0.324 e. The molecule has 146 valence electrons. The number of amides is 1. The van der Waals surface area contributed by atoms with Crippen LogP contribution in [0.3, 0.4) is 0 Å². The van der Waals surface area contributed by atoms with Gasteiger partial charge in [-0.15, -0.1) is 0 Å². The zero-order valence-electron chi connectivity index (χ0n) is 15.3. The second-order valence-corrected chi connectivity index (χ2v) is 7.93. The lowest BCUT2D eigenvalue weighted by Gasteiger charge is -2.14. The molecule has 3 aromatic rings. The molecule has 0 saturated heterocycles. The highest BCUT2D eigenvalue weighted by atomic mass is 32.2. The van der Waals surface area contributed by atoms with Gasteiger partial charge in [-0.1, -0.05) is 12.1 Å². The van der Waals surface area contributed by atoms with Crippen LogP contribution in [0.15, 0.2) is 65.8 Å². The van der Waals surface area contributed by atoms with E-state index in [0.717, 1.165) is 6.07 Å². The Hall–Kier alpha value is -3.20. The summed E-state index contributed by atoms with van der Waals surface area (Å²) in [4.78, 5) is 12.2. The highest BCUT2D eigenvalue weighted by molar-refractivity contribution is 7.92. The minimum atomic E-state index is -3.97. The number of hydrogen-bond acceptors (Lipinski definition) is 4. The number of nitrogens with zero attached hydrogens (tertiary/aromatic N) is 2. The molecule has 9 heteroatoms. The van der Waals surface area contributed by atoms with Crippen molar-refractivity contribution in [2.24, 2.45) is 0 Å². The fourth-order valence-electron chi connectivity index (χ4n) is 2.49. The summed E-state index contributed by atoms with van der Waals surface area (Å²) in [7, 11) is -3.97. The maximum Gasteiger partial charge on any atom is 0.261 e. The van der Waals surface area contributed by atoms with E-state index < -0.39 is 21.9 Å². The van der Waals surface area contributed by atoms with Crippen LogP contribution in [-0.2, 0) is 14.8 Å². The van der Waals surface area contributed by atoms with Gasteiger partial charge in [-0.05, 0) is 55.8 Å². The predicted octanol–water partition coefficient (Wildman–Crippen LogP) is 3.33. The summed E-state index contributed by atoms with van der Waals surface area (Å²) in [6.45, 7) is 3.25. The Labute approximate surface area is 162 Å². The molecule has 0 spiro atoms. The molecule has 2 N–H and O–H groups in total. The molecule has 0 bridgehead atoms. The summed E-state index contributed by atoms with van der Waals surface area (Å²) < 4.78 is 42.6. The third kappa shape index (κ3) is 4.37. The molecule has 3 rings (SSSR count). The van der Waals surface area contributed by atoms with E-state index in [4.69, 9.17) is 0 Å². The van der Waals surface area contributed by atoms with Crippen LogP contribution in [0.25, 0.3) is 0 Å². The second-order valence-electron chi connectivity index (χ2n) is 6.25. The molecular weight excluding hydrogens is 383 g/mol.